The first-order chi connectivity index (χ1) is 9.25. The Kier molecular flexibility index (Phi) is 3.45. The summed E-state index contributed by atoms with van der Waals surface area (Å²) in [5, 5.41) is 5.60. The zero-order chi connectivity index (χ0) is 13.4. The zero-order valence-corrected chi connectivity index (χ0v) is 10.5. The Hall–Kier alpha value is -1.14. The predicted octanol–water partition coefficient (Wildman–Crippen LogP) is -2.22. The van der Waals surface area contributed by atoms with Gasteiger partial charge in [-0.2, -0.15) is 0 Å². The molecule has 0 spiro atoms. The van der Waals surface area contributed by atoms with Crippen molar-refractivity contribution in [1.82, 2.24) is 47.9 Å². The van der Waals surface area contributed by atoms with Crippen LogP contribution in [-0.2, 0) is 0 Å². The summed E-state index contributed by atoms with van der Waals surface area (Å²) in [6.07, 6.45) is 4.89. The Morgan fingerprint density at radius 2 is 0.842 bits per heavy atom. The molecule has 0 aromatic rings. The molecule has 0 aromatic carbocycles. The highest BCUT2D eigenvalue weighted by atomic mass is 16.1. The van der Waals surface area contributed by atoms with Crippen LogP contribution in [0.1, 0.15) is 0 Å². The molecule has 3 saturated heterocycles. The molecule has 0 amide bonds. The van der Waals surface area contributed by atoms with E-state index in [9.17, 15) is 0 Å². The van der Waals surface area contributed by atoms with E-state index in [1.165, 1.54) is 0 Å². The first-order valence-electron chi connectivity index (χ1n) is 6.07. The van der Waals surface area contributed by atoms with Gasteiger partial charge in [-0.25, -0.2) is 32.6 Å². The molecular formula is C10H19N9. The molecule has 3 aliphatic heterocycles. The third-order valence-corrected chi connectivity index (χ3v) is 3.07. The summed E-state index contributed by atoms with van der Waals surface area (Å²) in [5.74, 6) is 0. The quantitative estimate of drug-likeness (QED) is 0.318. The maximum atomic E-state index is 3.79. The average molecular weight is 265 g/mol. The van der Waals surface area contributed by atoms with Crippen molar-refractivity contribution >= 4 is 0 Å². The first-order valence-corrected chi connectivity index (χ1v) is 6.07. The van der Waals surface area contributed by atoms with Crippen LogP contribution in [0.4, 0.5) is 0 Å². The fraction of sp³-hybridized carbons (Fsp3) is 0.400. The molecule has 0 unspecified atom stereocenters. The van der Waals surface area contributed by atoms with Gasteiger partial charge in [0.2, 0.25) is 0 Å². The molecule has 6 N–H and O–H groups in total. The van der Waals surface area contributed by atoms with Crippen LogP contribution in [0, 0.1) is 0 Å². The second kappa shape index (κ2) is 5.09. The van der Waals surface area contributed by atoms with Gasteiger partial charge in [-0.05, 0) is 0 Å². The Labute approximate surface area is 111 Å². The molecule has 3 fully saturated rings. The Morgan fingerprint density at radius 1 is 0.579 bits per heavy atom. The van der Waals surface area contributed by atoms with E-state index in [0.29, 0.717) is 0 Å². The smallest absolute Gasteiger partial charge is 0.199 e. The molecule has 104 valence electrons. The minimum Gasteiger partial charge on any atom is -0.216 e. The van der Waals surface area contributed by atoms with Crippen LogP contribution >= 0.6 is 0 Å². The van der Waals surface area contributed by atoms with E-state index >= 15 is 0 Å². The van der Waals surface area contributed by atoms with Crippen molar-refractivity contribution in [2.75, 3.05) is 0 Å². The second-order valence-electron chi connectivity index (χ2n) is 4.37. The number of nitrogens with one attached hydrogen (secondary N) is 6. The zero-order valence-electron chi connectivity index (χ0n) is 10.5. The van der Waals surface area contributed by atoms with Crippen LogP contribution in [0.5, 0.6) is 0 Å². The molecule has 3 rings (SSSR count). The third kappa shape index (κ3) is 2.23. The van der Waals surface area contributed by atoms with E-state index in [2.05, 4.69) is 52.3 Å². The Morgan fingerprint density at radius 3 is 1.05 bits per heavy atom. The van der Waals surface area contributed by atoms with Gasteiger partial charge in [0.1, 0.15) is 18.5 Å². The van der Waals surface area contributed by atoms with E-state index in [4.69, 9.17) is 0 Å². The Bertz CT molecular complexity index is 310. The lowest BCUT2D eigenvalue weighted by Crippen LogP contribution is -2.91. The molecule has 19 heavy (non-hydrogen) atoms. The van der Waals surface area contributed by atoms with Gasteiger partial charge in [0.15, 0.2) is 6.29 Å². The summed E-state index contributed by atoms with van der Waals surface area (Å²) < 4.78 is 0. The summed E-state index contributed by atoms with van der Waals surface area (Å²) in [7, 11) is 0. The van der Waals surface area contributed by atoms with Gasteiger partial charge in [-0.1, -0.05) is 18.2 Å². The molecule has 3 heterocycles. The van der Waals surface area contributed by atoms with Gasteiger partial charge in [0, 0.05) is 0 Å². The molecular weight excluding hydrogens is 246 g/mol. The van der Waals surface area contributed by atoms with Crippen molar-refractivity contribution in [3.63, 3.8) is 0 Å². The lowest BCUT2D eigenvalue weighted by Gasteiger charge is -2.58. The van der Waals surface area contributed by atoms with Gasteiger partial charge in [-0.15, -0.1) is 35.1 Å². The summed E-state index contributed by atoms with van der Waals surface area (Å²) in [6.45, 7) is 11.4. The number of hydrazine groups is 6. The molecule has 0 aromatic heterocycles. The summed E-state index contributed by atoms with van der Waals surface area (Å²) in [4.78, 5) is 0. The number of rotatable bonds is 3. The molecule has 0 aliphatic carbocycles. The minimum absolute atomic E-state index is 0.0924. The third-order valence-electron chi connectivity index (χ3n) is 3.07. The van der Waals surface area contributed by atoms with E-state index in [-0.39, 0.29) is 24.8 Å². The molecule has 0 atom stereocenters. The monoisotopic (exact) mass is 265 g/mol. The average Bonchev–Trinajstić information content (AvgIpc) is 2.46. The second-order valence-corrected chi connectivity index (χ2v) is 4.37. The van der Waals surface area contributed by atoms with Gasteiger partial charge in [0.05, 0.1) is 0 Å². The fourth-order valence-corrected chi connectivity index (χ4v) is 2.16. The summed E-state index contributed by atoms with van der Waals surface area (Å²) in [6, 6.07) is 0. The number of hydrogen-bond donors (Lipinski definition) is 6. The lowest BCUT2D eigenvalue weighted by molar-refractivity contribution is -0.296. The van der Waals surface area contributed by atoms with E-state index in [0.717, 1.165) is 0 Å². The van der Waals surface area contributed by atoms with Gasteiger partial charge in [0.25, 0.3) is 0 Å². The van der Waals surface area contributed by atoms with Crippen LogP contribution in [0.25, 0.3) is 0 Å². The molecule has 0 radical (unpaired) electrons. The van der Waals surface area contributed by atoms with Crippen LogP contribution in [-0.4, -0.2) is 40.1 Å². The van der Waals surface area contributed by atoms with Crippen molar-refractivity contribution in [2.24, 2.45) is 0 Å². The molecule has 0 saturated carbocycles. The Balaban J connectivity index is 1.85. The maximum absolute atomic E-state index is 3.79. The highest BCUT2D eigenvalue weighted by molar-refractivity contribution is 4.94. The largest absolute Gasteiger partial charge is 0.216 e. The fourth-order valence-electron chi connectivity index (χ4n) is 2.16. The molecule has 9 nitrogen and oxygen atoms in total. The summed E-state index contributed by atoms with van der Waals surface area (Å²) in [5.41, 5.74) is 19.5. The number of hydrogen-bond acceptors (Lipinski definition) is 9. The van der Waals surface area contributed by atoms with Crippen LogP contribution in [0.15, 0.2) is 38.0 Å². The SMILES string of the molecule is C=CC1NN2NC(C=C)NN3NC(C=C)NN(N1)C23. The molecule has 3 aliphatic rings. The van der Waals surface area contributed by atoms with Gasteiger partial charge >= 0.3 is 0 Å². The van der Waals surface area contributed by atoms with E-state index in [1.54, 1.807) is 18.2 Å². The standard InChI is InChI=1S/C10H19N9/c1-4-7-11-17-10-18(12-7)14-9(6-3)16-19(10)15-8(5-2)13-17/h4-16H,1-3H2. The first kappa shape index (κ1) is 12.9. The summed E-state index contributed by atoms with van der Waals surface area (Å²) >= 11 is 0. The predicted molar refractivity (Wildman–Crippen MR) is 70.1 cm³/mol. The van der Waals surface area contributed by atoms with E-state index < -0.39 is 0 Å². The minimum atomic E-state index is -0.163. The van der Waals surface area contributed by atoms with Crippen molar-refractivity contribution < 1.29 is 0 Å². The highest BCUT2D eigenvalue weighted by Crippen LogP contribution is 2.15. The van der Waals surface area contributed by atoms with Crippen LogP contribution < -0.4 is 32.6 Å². The van der Waals surface area contributed by atoms with Crippen LogP contribution in [0.2, 0.25) is 0 Å². The number of nitrogens with zero attached hydrogens (tertiary/aromatic N) is 3. The van der Waals surface area contributed by atoms with Crippen molar-refractivity contribution in [3.8, 4) is 0 Å². The van der Waals surface area contributed by atoms with E-state index in [1.807, 2.05) is 15.4 Å². The van der Waals surface area contributed by atoms with Gasteiger partial charge in [-0.3, -0.25) is 0 Å². The lowest BCUT2D eigenvalue weighted by atomic mass is 10.4. The van der Waals surface area contributed by atoms with Crippen LogP contribution in [0.3, 0.4) is 0 Å². The highest BCUT2D eigenvalue weighted by Gasteiger charge is 2.45. The molecule has 9 heteroatoms. The van der Waals surface area contributed by atoms with Gasteiger partial charge < -0.3 is 0 Å². The van der Waals surface area contributed by atoms with Crippen molar-refractivity contribution in [3.05, 3.63) is 38.0 Å². The van der Waals surface area contributed by atoms with Crippen molar-refractivity contribution in [2.45, 2.75) is 24.8 Å². The topological polar surface area (TPSA) is 81.9 Å². The molecule has 0 bridgehead atoms. The maximum Gasteiger partial charge on any atom is 0.199 e. The normalized spacial score (nSPS) is 40.4. The van der Waals surface area contributed by atoms with Crippen molar-refractivity contribution in [1.29, 1.82) is 0 Å².